The van der Waals surface area contributed by atoms with E-state index in [1.165, 1.54) is 11.8 Å². The normalized spacial score (nSPS) is 15.2. The Morgan fingerprint density at radius 3 is 2.71 bits per heavy atom. The molecule has 1 amide bonds. The number of hydrogen-bond acceptors (Lipinski definition) is 6. The molecule has 4 rings (SSSR count). The fraction of sp³-hybridized carbons (Fsp3) is 0.235. The van der Waals surface area contributed by atoms with Gasteiger partial charge in [-0.25, -0.2) is 0 Å². The van der Waals surface area contributed by atoms with E-state index in [0.717, 1.165) is 18.4 Å². The van der Waals surface area contributed by atoms with Gasteiger partial charge >= 0.3 is 0 Å². The summed E-state index contributed by atoms with van der Waals surface area (Å²) in [5.74, 6) is 0.774. The number of benzene rings is 1. The van der Waals surface area contributed by atoms with Crippen LogP contribution >= 0.6 is 11.8 Å². The maximum Gasteiger partial charge on any atom is 0.284 e. The first-order chi connectivity index (χ1) is 11.8. The highest BCUT2D eigenvalue weighted by atomic mass is 32.2. The summed E-state index contributed by atoms with van der Waals surface area (Å²) in [4.78, 5) is 12.6. The van der Waals surface area contributed by atoms with E-state index in [4.69, 9.17) is 8.83 Å². The lowest BCUT2D eigenvalue weighted by molar-refractivity contribution is -0.120. The molecule has 1 N–H and O–H groups in total. The van der Waals surface area contributed by atoms with Crippen LogP contribution in [0, 0.1) is 0 Å². The number of furan rings is 1. The average molecular weight is 341 g/mol. The van der Waals surface area contributed by atoms with Crippen LogP contribution in [0.1, 0.15) is 23.7 Å². The Balaban J connectivity index is 1.56. The van der Waals surface area contributed by atoms with Crippen molar-refractivity contribution in [3.05, 3.63) is 54.3 Å². The van der Waals surface area contributed by atoms with E-state index in [-0.39, 0.29) is 5.91 Å². The summed E-state index contributed by atoms with van der Waals surface area (Å²) in [6.07, 6.45) is 3.63. The second kappa shape index (κ2) is 6.52. The molecule has 2 heterocycles. The molecule has 1 aliphatic carbocycles. The summed E-state index contributed by atoms with van der Waals surface area (Å²) in [6, 6.07) is 13.4. The molecular weight excluding hydrogens is 326 g/mol. The Kier molecular flexibility index (Phi) is 4.08. The van der Waals surface area contributed by atoms with Crippen LogP contribution in [-0.2, 0) is 4.79 Å². The van der Waals surface area contributed by atoms with Gasteiger partial charge in [-0.15, -0.1) is 10.2 Å². The maximum atomic E-state index is 12.6. The Bertz CT molecular complexity index is 813. The number of hydrogen-bond donors (Lipinski definition) is 1. The molecule has 0 aliphatic heterocycles. The quantitative estimate of drug-likeness (QED) is 0.692. The molecule has 0 radical (unpaired) electrons. The SMILES string of the molecule is O=C(NC1CC1)C(Sc1nnc(-c2ccco2)o1)c1ccccc1. The highest BCUT2D eigenvalue weighted by molar-refractivity contribution is 8.00. The van der Waals surface area contributed by atoms with Gasteiger partial charge in [-0.1, -0.05) is 30.3 Å². The summed E-state index contributed by atoms with van der Waals surface area (Å²) in [5.41, 5.74) is 0.901. The van der Waals surface area contributed by atoms with Gasteiger partial charge in [0.2, 0.25) is 5.91 Å². The summed E-state index contributed by atoms with van der Waals surface area (Å²) >= 11 is 1.24. The predicted molar refractivity (Wildman–Crippen MR) is 88.2 cm³/mol. The molecule has 24 heavy (non-hydrogen) atoms. The van der Waals surface area contributed by atoms with Gasteiger partial charge in [0.05, 0.1) is 6.26 Å². The fourth-order valence-electron chi connectivity index (χ4n) is 2.26. The predicted octanol–water partition coefficient (Wildman–Crippen LogP) is 3.44. The van der Waals surface area contributed by atoms with Crippen molar-refractivity contribution in [1.82, 2.24) is 15.5 Å². The van der Waals surface area contributed by atoms with Crippen LogP contribution in [0.3, 0.4) is 0 Å². The Hall–Kier alpha value is -2.54. The molecule has 2 aromatic heterocycles. The van der Waals surface area contributed by atoms with Gasteiger partial charge in [-0.3, -0.25) is 4.79 Å². The molecule has 1 aromatic carbocycles. The number of amides is 1. The van der Waals surface area contributed by atoms with E-state index in [0.29, 0.717) is 22.9 Å². The molecular formula is C17H15N3O3S. The number of carbonyl (C=O) groups excluding carboxylic acids is 1. The Morgan fingerprint density at radius 1 is 1.17 bits per heavy atom. The van der Waals surface area contributed by atoms with Crippen LogP contribution in [0.5, 0.6) is 0 Å². The number of carbonyl (C=O) groups is 1. The molecule has 1 atom stereocenters. The minimum Gasteiger partial charge on any atom is -0.459 e. The molecule has 0 spiro atoms. The van der Waals surface area contributed by atoms with Crippen molar-refractivity contribution >= 4 is 17.7 Å². The molecule has 1 fully saturated rings. The Labute approximate surface area is 142 Å². The van der Waals surface area contributed by atoms with Crippen molar-refractivity contribution in [2.75, 3.05) is 0 Å². The Morgan fingerprint density at radius 2 is 2.00 bits per heavy atom. The van der Waals surface area contributed by atoms with Crippen molar-refractivity contribution in [2.45, 2.75) is 29.4 Å². The van der Waals surface area contributed by atoms with E-state index in [1.54, 1.807) is 18.4 Å². The zero-order valence-electron chi connectivity index (χ0n) is 12.7. The van der Waals surface area contributed by atoms with Gasteiger partial charge in [-0.2, -0.15) is 0 Å². The minimum atomic E-state index is -0.434. The molecule has 0 bridgehead atoms. The van der Waals surface area contributed by atoms with Gasteiger partial charge in [0, 0.05) is 6.04 Å². The molecule has 6 nitrogen and oxygen atoms in total. The van der Waals surface area contributed by atoms with E-state index in [2.05, 4.69) is 15.5 Å². The lowest BCUT2D eigenvalue weighted by Gasteiger charge is -2.14. The molecule has 1 unspecified atom stereocenters. The number of rotatable bonds is 6. The van der Waals surface area contributed by atoms with Crippen molar-refractivity contribution in [3.8, 4) is 11.7 Å². The summed E-state index contributed by atoms with van der Waals surface area (Å²) < 4.78 is 10.9. The molecule has 0 saturated heterocycles. The molecule has 122 valence electrons. The molecule has 7 heteroatoms. The van der Waals surface area contributed by atoms with Crippen molar-refractivity contribution < 1.29 is 13.6 Å². The van der Waals surface area contributed by atoms with Gasteiger partial charge in [0.25, 0.3) is 11.1 Å². The van der Waals surface area contributed by atoms with E-state index in [9.17, 15) is 4.79 Å². The average Bonchev–Trinajstić information content (AvgIpc) is 3.08. The summed E-state index contributed by atoms with van der Waals surface area (Å²) in [5, 5.41) is 10.9. The first-order valence-corrected chi connectivity index (χ1v) is 8.57. The molecule has 1 aliphatic rings. The maximum absolute atomic E-state index is 12.6. The summed E-state index contributed by atoms with van der Waals surface area (Å²) in [6.45, 7) is 0. The number of aromatic nitrogens is 2. The number of nitrogens with zero attached hydrogens (tertiary/aromatic N) is 2. The van der Waals surface area contributed by atoms with Crippen molar-refractivity contribution in [3.63, 3.8) is 0 Å². The highest BCUT2D eigenvalue weighted by Crippen LogP contribution is 2.36. The third-order valence-corrected chi connectivity index (χ3v) is 4.71. The first kappa shape index (κ1) is 15.0. The van der Waals surface area contributed by atoms with Crippen LogP contribution in [0.15, 0.2) is 62.8 Å². The van der Waals surface area contributed by atoms with E-state index < -0.39 is 5.25 Å². The van der Waals surface area contributed by atoms with Crippen LogP contribution in [0.2, 0.25) is 0 Å². The van der Waals surface area contributed by atoms with Gasteiger partial charge in [0.15, 0.2) is 5.76 Å². The first-order valence-electron chi connectivity index (χ1n) is 7.69. The standard InChI is InChI=1S/C17H15N3O3S/c21-15(18-12-8-9-12)14(11-5-2-1-3-6-11)24-17-20-19-16(23-17)13-7-4-10-22-13/h1-7,10,12,14H,8-9H2,(H,18,21). The van der Waals surface area contributed by atoms with Gasteiger partial charge in [-0.05, 0) is 42.3 Å². The third kappa shape index (κ3) is 3.35. The van der Waals surface area contributed by atoms with E-state index in [1.807, 2.05) is 30.3 Å². The second-order valence-electron chi connectivity index (χ2n) is 5.54. The third-order valence-electron chi connectivity index (χ3n) is 3.62. The van der Waals surface area contributed by atoms with Crippen LogP contribution in [0.4, 0.5) is 0 Å². The minimum absolute atomic E-state index is 0.0357. The highest BCUT2D eigenvalue weighted by Gasteiger charge is 2.30. The lowest BCUT2D eigenvalue weighted by atomic mass is 10.1. The van der Waals surface area contributed by atoms with Crippen LogP contribution in [0.25, 0.3) is 11.7 Å². The van der Waals surface area contributed by atoms with Crippen molar-refractivity contribution in [1.29, 1.82) is 0 Å². The molecule has 3 aromatic rings. The van der Waals surface area contributed by atoms with Crippen LogP contribution in [-0.4, -0.2) is 22.1 Å². The van der Waals surface area contributed by atoms with Gasteiger partial charge in [0.1, 0.15) is 5.25 Å². The smallest absolute Gasteiger partial charge is 0.284 e. The number of thioether (sulfide) groups is 1. The lowest BCUT2D eigenvalue weighted by Crippen LogP contribution is -2.29. The van der Waals surface area contributed by atoms with E-state index >= 15 is 0 Å². The molecule has 1 saturated carbocycles. The topological polar surface area (TPSA) is 81.2 Å². The second-order valence-corrected chi connectivity index (χ2v) is 6.60. The fourth-order valence-corrected chi connectivity index (χ4v) is 3.15. The van der Waals surface area contributed by atoms with Gasteiger partial charge < -0.3 is 14.2 Å². The number of nitrogens with one attached hydrogen (secondary N) is 1. The zero-order valence-corrected chi connectivity index (χ0v) is 13.5. The van der Waals surface area contributed by atoms with Crippen molar-refractivity contribution in [2.24, 2.45) is 0 Å². The summed E-state index contributed by atoms with van der Waals surface area (Å²) in [7, 11) is 0. The monoisotopic (exact) mass is 341 g/mol. The largest absolute Gasteiger partial charge is 0.459 e. The van der Waals surface area contributed by atoms with Crippen LogP contribution < -0.4 is 5.32 Å². The zero-order chi connectivity index (χ0) is 16.4.